The molecule has 1 aromatic rings. The summed E-state index contributed by atoms with van der Waals surface area (Å²) < 4.78 is 44.3. The molecule has 1 unspecified atom stereocenters. The Bertz CT molecular complexity index is 606. The minimum Gasteiger partial charge on any atom is -0.463 e. The highest BCUT2D eigenvalue weighted by Gasteiger charge is 2.50. The van der Waals surface area contributed by atoms with E-state index in [0.29, 0.717) is 0 Å². The first-order chi connectivity index (χ1) is 10.4. The predicted molar refractivity (Wildman–Crippen MR) is 73.0 cm³/mol. The van der Waals surface area contributed by atoms with Gasteiger partial charge in [-0.1, -0.05) is 12.1 Å². The molecule has 0 radical (unpaired) electrons. The maximum absolute atomic E-state index is 13.1. The minimum absolute atomic E-state index is 0.0446. The normalized spacial score (nSPS) is 14.0. The molecule has 9 heteroatoms. The Morgan fingerprint density at radius 1 is 1.32 bits per heavy atom. The van der Waals surface area contributed by atoms with Crippen LogP contribution in [0.2, 0.25) is 0 Å². The summed E-state index contributed by atoms with van der Waals surface area (Å²) in [6, 6.07) is 5.94. The van der Waals surface area contributed by atoms with E-state index in [-0.39, 0.29) is 12.2 Å². The fourth-order valence-electron chi connectivity index (χ4n) is 1.57. The van der Waals surface area contributed by atoms with Gasteiger partial charge in [-0.3, -0.25) is 9.05 Å². The first-order valence-electron chi connectivity index (χ1n) is 6.14. The number of carbonyl (C=O) groups excluding carboxylic acids is 1. The van der Waals surface area contributed by atoms with E-state index in [4.69, 9.17) is 9.26 Å². The lowest BCUT2D eigenvalue weighted by Gasteiger charge is -2.27. The third-order valence-corrected chi connectivity index (χ3v) is 4.06. The number of ether oxygens (including phenoxy) is 1. The van der Waals surface area contributed by atoms with Crippen molar-refractivity contribution >= 4 is 13.8 Å². The van der Waals surface area contributed by atoms with Crippen molar-refractivity contribution in [3.63, 3.8) is 0 Å². The second-order valence-corrected chi connectivity index (χ2v) is 5.73. The molecule has 0 aliphatic heterocycles. The molecule has 0 aliphatic rings. The molecule has 0 heterocycles. The number of rotatable bonds is 7. The number of phosphoric acid groups is 1. The van der Waals surface area contributed by atoms with Crippen molar-refractivity contribution in [2.24, 2.45) is 0 Å². The highest BCUT2D eigenvalue weighted by Crippen LogP contribution is 2.53. The average Bonchev–Trinajstić information content (AvgIpc) is 2.53. The van der Waals surface area contributed by atoms with Gasteiger partial charge in [-0.15, -0.1) is 0 Å². The minimum atomic E-state index is -4.19. The third kappa shape index (κ3) is 3.70. The van der Waals surface area contributed by atoms with Crippen LogP contribution in [0.4, 0.5) is 4.39 Å². The second kappa shape index (κ2) is 7.47. The summed E-state index contributed by atoms with van der Waals surface area (Å²) in [6.45, 7) is 1.48. The van der Waals surface area contributed by atoms with Crippen LogP contribution in [0.3, 0.4) is 0 Å². The Kier molecular flexibility index (Phi) is 6.21. The summed E-state index contributed by atoms with van der Waals surface area (Å²) in [6.07, 6.45) is 0. The smallest absolute Gasteiger partial charge is 0.463 e. The van der Waals surface area contributed by atoms with Gasteiger partial charge in [0.1, 0.15) is 11.9 Å². The van der Waals surface area contributed by atoms with Crippen LogP contribution in [0, 0.1) is 17.1 Å². The number of hydrogen-bond acceptors (Lipinski definition) is 7. The zero-order valence-corrected chi connectivity index (χ0v) is 13.1. The molecule has 0 aliphatic carbocycles. The largest absolute Gasteiger partial charge is 0.476 e. The number of carbonyl (C=O) groups is 1. The van der Waals surface area contributed by atoms with Crippen molar-refractivity contribution in [3.05, 3.63) is 35.6 Å². The Hall–Kier alpha value is -1.78. The summed E-state index contributed by atoms with van der Waals surface area (Å²) in [5.41, 5.74) is -2.48. The summed E-state index contributed by atoms with van der Waals surface area (Å²) in [4.78, 5) is 12.2. The van der Waals surface area contributed by atoms with Gasteiger partial charge in [0.2, 0.25) is 0 Å². The van der Waals surface area contributed by atoms with Crippen LogP contribution >= 0.6 is 7.82 Å². The van der Waals surface area contributed by atoms with Gasteiger partial charge in [-0.05, 0) is 19.1 Å². The van der Waals surface area contributed by atoms with Gasteiger partial charge < -0.3 is 4.74 Å². The molecule has 0 saturated heterocycles. The molecule has 0 aromatic heterocycles. The second-order valence-electron chi connectivity index (χ2n) is 3.92. The van der Waals surface area contributed by atoms with Gasteiger partial charge >= 0.3 is 13.8 Å². The van der Waals surface area contributed by atoms with E-state index in [9.17, 15) is 19.0 Å². The molecule has 120 valence electrons. The van der Waals surface area contributed by atoms with Crippen molar-refractivity contribution in [2.45, 2.75) is 12.5 Å². The summed E-state index contributed by atoms with van der Waals surface area (Å²) >= 11 is 0. The van der Waals surface area contributed by atoms with Crippen LogP contribution in [-0.4, -0.2) is 26.8 Å². The van der Waals surface area contributed by atoms with Crippen LogP contribution in [0.5, 0.6) is 0 Å². The van der Waals surface area contributed by atoms with E-state index < -0.39 is 25.2 Å². The Labute approximate surface area is 127 Å². The molecular weight excluding hydrogens is 316 g/mol. The van der Waals surface area contributed by atoms with E-state index >= 15 is 0 Å². The van der Waals surface area contributed by atoms with Crippen LogP contribution in [0.1, 0.15) is 12.5 Å². The van der Waals surface area contributed by atoms with Crippen molar-refractivity contribution in [2.75, 3.05) is 20.8 Å². The van der Waals surface area contributed by atoms with E-state index in [2.05, 4.69) is 9.05 Å². The quantitative estimate of drug-likeness (QED) is 0.559. The fourth-order valence-corrected chi connectivity index (χ4v) is 2.43. The Morgan fingerprint density at radius 2 is 1.86 bits per heavy atom. The zero-order valence-electron chi connectivity index (χ0n) is 12.2. The van der Waals surface area contributed by atoms with Crippen molar-refractivity contribution in [1.82, 2.24) is 0 Å². The molecule has 1 aromatic carbocycles. The highest BCUT2D eigenvalue weighted by molar-refractivity contribution is 7.48. The van der Waals surface area contributed by atoms with Crippen molar-refractivity contribution in [1.29, 1.82) is 5.26 Å². The van der Waals surface area contributed by atoms with Crippen LogP contribution < -0.4 is 0 Å². The number of nitriles is 1. The topological polar surface area (TPSA) is 94.9 Å². The molecule has 0 spiro atoms. The van der Waals surface area contributed by atoms with Gasteiger partial charge in [0, 0.05) is 19.8 Å². The maximum atomic E-state index is 13.1. The van der Waals surface area contributed by atoms with Crippen molar-refractivity contribution < 1.29 is 32.1 Å². The third-order valence-electron chi connectivity index (χ3n) is 2.67. The van der Waals surface area contributed by atoms with Gasteiger partial charge in [0.25, 0.3) is 5.60 Å². The average molecular weight is 331 g/mol. The van der Waals surface area contributed by atoms with Gasteiger partial charge in [0.15, 0.2) is 0 Å². The molecule has 0 fully saturated rings. The van der Waals surface area contributed by atoms with E-state index in [1.807, 2.05) is 0 Å². The predicted octanol–water partition coefficient (Wildman–Crippen LogP) is 2.53. The molecular formula is C13H15FNO6P. The molecule has 0 bridgehead atoms. The van der Waals surface area contributed by atoms with Gasteiger partial charge in [-0.25, -0.2) is 18.3 Å². The number of phosphoric ester groups is 1. The number of benzene rings is 1. The van der Waals surface area contributed by atoms with E-state index in [0.717, 1.165) is 38.5 Å². The first kappa shape index (κ1) is 18.3. The summed E-state index contributed by atoms with van der Waals surface area (Å²) in [7, 11) is -2.13. The molecule has 7 nitrogen and oxygen atoms in total. The molecule has 1 rings (SSSR count). The van der Waals surface area contributed by atoms with Crippen LogP contribution in [0.15, 0.2) is 24.3 Å². The van der Waals surface area contributed by atoms with Crippen LogP contribution in [-0.2, 0) is 33.3 Å². The first-order valence-corrected chi connectivity index (χ1v) is 7.60. The van der Waals surface area contributed by atoms with E-state index in [1.165, 1.54) is 6.92 Å². The number of nitrogens with zero attached hydrogens (tertiary/aromatic N) is 1. The van der Waals surface area contributed by atoms with Crippen molar-refractivity contribution in [3.8, 4) is 6.07 Å². The molecule has 0 saturated carbocycles. The van der Waals surface area contributed by atoms with Crippen LogP contribution in [0.25, 0.3) is 0 Å². The standard InChI is InChI=1S/C13H15FNO6P/c1-4-20-12(16)13(9-15,21-22(17,18-2)19-3)10-5-7-11(14)8-6-10/h5-8H,4H2,1-3H3. The molecule has 0 N–H and O–H groups in total. The Balaban J connectivity index is 3.43. The number of esters is 1. The van der Waals surface area contributed by atoms with E-state index in [1.54, 1.807) is 6.07 Å². The van der Waals surface area contributed by atoms with Gasteiger partial charge in [-0.2, -0.15) is 5.26 Å². The molecule has 22 heavy (non-hydrogen) atoms. The maximum Gasteiger partial charge on any atom is 0.476 e. The monoisotopic (exact) mass is 331 g/mol. The molecule has 0 amide bonds. The lowest BCUT2D eigenvalue weighted by Crippen LogP contribution is -2.38. The Morgan fingerprint density at radius 3 is 2.27 bits per heavy atom. The number of halogens is 1. The lowest BCUT2D eigenvalue weighted by molar-refractivity contribution is -0.159. The SMILES string of the molecule is CCOC(=O)C(C#N)(OP(=O)(OC)OC)c1ccc(F)cc1. The fraction of sp³-hybridized carbons (Fsp3) is 0.385. The zero-order chi connectivity index (χ0) is 16.8. The van der Waals surface area contributed by atoms with Gasteiger partial charge in [0.05, 0.1) is 6.61 Å². The number of hydrogen-bond donors (Lipinski definition) is 0. The molecule has 1 atom stereocenters. The highest BCUT2D eigenvalue weighted by atomic mass is 31.2. The summed E-state index contributed by atoms with van der Waals surface area (Å²) in [5, 5.41) is 9.45. The lowest BCUT2D eigenvalue weighted by atomic mass is 9.95. The summed E-state index contributed by atoms with van der Waals surface area (Å²) in [5.74, 6) is -1.69.